The summed E-state index contributed by atoms with van der Waals surface area (Å²) in [5, 5.41) is 0. The highest BCUT2D eigenvalue weighted by Crippen LogP contribution is 2.23. The van der Waals surface area contributed by atoms with Crippen LogP contribution in [0.25, 0.3) is 11.1 Å². The Labute approximate surface area is 151 Å². The SMILES string of the molecule is C=C(CCS(=O)(=O)CCC(=C)c1ccccc1C)c1ccccc1C. The third-order valence-corrected chi connectivity index (χ3v) is 6.13. The van der Waals surface area contributed by atoms with E-state index >= 15 is 0 Å². The fourth-order valence-corrected chi connectivity index (χ4v) is 4.19. The van der Waals surface area contributed by atoms with Gasteiger partial charge in [0, 0.05) is 0 Å². The largest absolute Gasteiger partial charge is 0.229 e. The lowest BCUT2D eigenvalue weighted by atomic mass is 10.0. The predicted octanol–water partition coefficient (Wildman–Crippen LogP) is 5.23. The minimum atomic E-state index is -3.14. The Hall–Kier alpha value is -2.13. The average Bonchev–Trinajstić information content (AvgIpc) is 2.59. The van der Waals surface area contributed by atoms with Crippen LogP contribution in [0.2, 0.25) is 0 Å². The Morgan fingerprint density at radius 3 is 1.48 bits per heavy atom. The highest BCUT2D eigenvalue weighted by Gasteiger charge is 2.14. The first-order valence-corrected chi connectivity index (χ1v) is 10.3. The monoisotopic (exact) mass is 354 g/mol. The quantitative estimate of drug-likeness (QED) is 0.651. The van der Waals surface area contributed by atoms with E-state index in [1.54, 1.807) is 0 Å². The second-order valence-electron chi connectivity index (χ2n) is 6.49. The summed E-state index contributed by atoms with van der Waals surface area (Å²) in [6.45, 7) is 12.2. The lowest BCUT2D eigenvalue weighted by Gasteiger charge is -2.11. The summed E-state index contributed by atoms with van der Waals surface area (Å²) in [5.41, 5.74) is 6.08. The molecule has 0 heterocycles. The molecule has 2 aromatic carbocycles. The van der Waals surface area contributed by atoms with E-state index in [2.05, 4.69) is 13.2 Å². The van der Waals surface area contributed by atoms with Crippen molar-refractivity contribution >= 4 is 21.0 Å². The van der Waals surface area contributed by atoms with Gasteiger partial charge in [-0.05, 0) is 60.1 Å². The Kier molecular flexibility index (Phi) is 6.38. The van der Waals surface area contributed by atoms with E-state index in [1.807, 2.05) is 62.4 Å². The van der Waals surface area contributed by atoms with Crippen LogP contribution in [0.1, 0.15) is 35.1 Å². The molecule has 0 saturated carbocycles. The summed E-state index contributed by atoms with van der Waals surface area (Å²) in [4.78, 5) is 0. The molecule has 0 N–H and O–H groups in total. The topological polar surface area (TPSA) is 34.1 Å². The smallest absolute Gasteiger partial charge is 0.150 e. The maximum Gasteiger partial charge on any atom is 0.150 e. The van der Waals surface area contributed by atoms with Gasteiger partial charge in [0.2, 0.25) is 0 Å². The number of hydrogen-bond donors (Lipinski definition) is 0. The maximum atomic E-state index is 12.4. The Balaban J connectivity index is 1.92. The highest BCUT2D eigenvalue weighted by molar-refractivity contribution is 7.91. The van der Waals surface area contributed by atoms with Gasteiger partial charge in [0.25, 0.3) is 0 Å². The van der Waals surface area contributed by atoms with Crippen molar-refractivity contribution in [3.63, 3.8) is 0 Å². The van der Waals surface area contributed by atoms with Gasteiger partial charge in [-0.1, -0.05) is 61.7 Å². The molecule has 2 aromatic rings. The van der Waals surface area contributed by atoms with Gasteiger partial charge in [0.15, 0.2) is 9.84 Å². The normalized spacial score (nSPS) is 11.3. The van der Waals surface area contributed by atoms with Crippen LogP contribution in [0.5, 0.6) is 0 Å². The lowest BCUT2D eigenvalue weighted by Crippen LogP contribution is -2.12. The molecular formula is C22H26O2S. The van der Waals surface area contributed by atoms with Crippen molar-refractivity contribution in [2.24, 2.45) is 0 Å². The van der Waals surface area contributed by atoms with Gasteiger partial charge in [0.05, 0.1) is 11.5 Å². The summed E-state index contributed by atoms with van der Waals surface area (Å²) in [7, 11) is -3.14. The van der Waals surface area contributed by atoms with Crippen LogP contribution in [-0.2, 0) is 9.84 Å². The van der Waals surface area contributed by atoms with E-state index in [1.165, 1.54) is 0 Å². The third kappa shape index (κ3) is 5.43. The van der Waals surface area contributed by atoms with E-state index in [0.29, 0.717) is 12.8 Å². The molecule has 0 aliphatic heterocycles. The number of rotatable bonds is 8. The molecule has 0 aromatic heterocycles. The highest BCUT2D eigenvalue weighted by atomic mass is 32.2. The first-order valence-electron chi connectivity index (χ1n) is 8.48. The molecule has 0 amide bonds. The molecule has 0 unspecified atom stereocenters. The fourth-order valence-electron chi connectivity index (χ4n) is 2.87. The van der Waals surface area contributed by atoms with Crippen molar-refractivity contribution in [1.29, 1.82) is 0 Å². The Morgan fingerprint density at radius 1 is 0.760 bits per heavy atom. The molecule has 0 atom stereocenters. The van der Waals surface area contributed by atoms with E-state index in [4.69, 9.17) is 0 Å². The summed E-state index contributed by atoms with van der Waals surface area (Å²) < 4.78 is 24.8. The van der Waals surface area contributed by atoms with Crippen molar-refractivity contribution in [3.05, 3.63) is 83.9 Å². The molecule has 132 valence electrons. The second-order valence-corrected chi connectivity index (χ2v) is 8.79. The third-order valence-electron chi connectivity index (χ3n) is 4.48. The van der Waals surface area contributed by atoms with Crippen LogP contribution in [0, 0.1) is 13.8 Å². The molecule has 2 nitrogen and oxygen atoms in total. The van der Waals surface area contributed by atoms with Crippen LogP contribution in [0.15, 0.2) is 61.7 Å². The molecule has 0 fully saturated rings. The zero-order chi connectivity index (χ0) is 18.4. The molecule has 0 bridgehead atoms. The van der Waals surface area contributed by atoms with Gasteiger partial charge in [-0.2, -0.15) is 0 Å². The van der Waals surface area contributed by atoms with Crippen molar-refractivity contribution in [1.82, 2.24) is 0 Å². The predicted molar refractivity (Wildman–Crippen MR) is 108 cm³/mol. The summed E-state index contributed by atoms with van der Waals surface area (Å²) >= 11 is 0. The molecule has 2 rings (SSSR count). The van der Waals surface area contributed by atoms with Crippen molar-refractivity contribution < 1.29 is 8.42 Å². The zero-order valence-electron chi connectivity index (χ0n) is 15.1. The minimum absolute atomic E-state index is 0.126. The molecule has 3 heteroatoms. The summed E-state index contributed by atoms with van der Waals surface area (Å²) in [6, 6.07) is 15.9. The van der Waals surface area contributed by atoms with Gasteiger partial charge < -0.3 is 0 Å². The number of allylic oxidation sites excluding steroid dienone is 2. The lowest BCUT2D eigenvalue weighted by molar-refractivity contribution is 0.596. The second kappa shape index (κ2) is 8.30. The van der Waals surface area contributed by atoms with Gasteiger partial charge in [-0.25, -0.2) is 8.42 Å². The van der Waals surface area contributed by atoms with Crippen LogP contribution >= 0.6 is 0 Å². The number of aryl methyl sites for hydroxylation is 2. The van der Waals surface area contributed by atoms with Gasteiger partial charge >= 0.3 is 0 Å². The minimum Gasteiger partial charge on any atom is -0.229 e. The first kappa shape index (κ1) is 19.2. The standard InChI is InChI=1S/C22H26O2S/c1-17-9-5-7-11-21(17)19(3)13-15-25(23,24)16-14-20(4)22-12-8-6-10-18(22)2/h5-12H,3-4,13-16H2,1-2H3. The van der Waals surface area contributed by atoms with Crippen molar-refractivity contribution in [2.45, 2.75) is 26.7 Å². The number of benzene rings is 2. The maximum absolute atomic E-state index is 12.4. The van der Waals surface area contributed by atoms with Crippen LogP contribution in [0.4, 0.5) is 0 Å². The molecular weight excluding hydrogens is 328 g/mol. The Bertz CT molecular complexity index is 809. The van der Waals surface area contributed by atoms with Crippen LogP contribution < -0.4 is 0 Å². The number of sulfone groups is 1. The van der Waals surface area contributed by atoms with Crippen LogP contribution in [0.3, 0.4) is 0 Å². The number of hydrogen-bond acceptors (Lipinski definition) is 2. The van der Waals surface area contributed by atoms with Crippen molar-refractivity contribution in [2.75, 3.05) is 11.5 Å². The van der Waals surface area contributed by atoms with E-state index in [9.17, 15) is 8.42 Å². The van der Waals surface area contributed by atoms with Crippen molar-refractivity contribution in [3.8, 4) is 0 Å². The molecule has 0 spiro atoms. The van der Waals surface area contributed by atoms with E-state index in [-0.39, 0.29) is 11.5 Å². The average molecular weight is 355 g/mol. The van der Waals surface area contributed by atoms with Crippen LogP contribution in [-0.4, -0.2) is 19.9 Å². The summed E-state index contributed by atoms with van der Waals surface area (Å²) in [6.07, 6.45) is 0.925. The van der Waals surface area contributed by atoms with E-state index in [0.717, 1.165) is 33.4 Å². The molecule has 0 saturated heterocycles. The van der Waals surface area contributed by atoms with E-state index < -0.39 is 9.84 Å². The fraction of sp³-hybridized carbons (Fsp3) is 0.273. The molecule has 0 aliphatic carbocycles. The Morgan fingerprint density at radius 2 is 1.12 bits per heavy atom. The van der Waals surface area contributed by atoms with Gasteiger partial charge in [0.1, 0.15) is 0 Å². The molecule has 0 aliphatic rings. The first-order chi connectivity index (χ1) is 11.8. The summed E-state index contributed by atoms with van der Waals surface area (Å²) in [5.74, 6) is 0.252. The zero-order valence-corrected chi connectivity index (χ0v) is 15.9. The van der Waals surface area contributed by atoms with Gasteiger partial charge in [-0.3, -0.25) is 0 Å². The van der Waals surface area contributed by atoms with Gasteiger partial charge in [-0.15, -0.1) is 0 Å². The molecule has 25 heavy (non-hydrogen) atoms. The molecule has 0 radical (unpaired) electrons.